The van der Waals surface area contributed by atoms with Gasteiger partial charge in [-0.25, -0.2) is 4.98 Å². The van der Waals surface area contributed by atoms with Crippen molar-refractivity contribution < 1.29 is 5.11 Å². The number of fused-ring (bicyclic) bond motifs is 1. The van der Waals surface area contributed by atoms with Crippen LogP contribution in [0.3, 0.4) is 0 Å². The van der Waals surface area contributed by atoms with E-state index in [-0.39, 0.29) is 6.61 Å². The van der Waals surface area contributed by atoms with Gasteiger partial charge >= 0.3 is 0 Å². The Bertz CT molecular complexity index is 301. The highest BCUT2D eigenvalue weighted by Gasteiger charge is 2.12. The minimum atomic E-state index is 0.226. The van der Waals surface area contributed by atoms with Crippen LogP contribution in [0.4, 0.5) is 0 Å². The van der Waals surface area contributed by atoms with E-state index in [9.17, 15) is 0 Å². The highest BCUT2D eigenvalue weighted by molar-refractivity contribution is 7.99. The summed E-state index contributed by atoms with van der Waals surface area (Å²) in [7, 11) is 0. The number of pyridine rings is 1. The van der Waals surface area contributed by atoms with Gasteiger partial charge in [-0.3, -0.25) is 0 Å². The number of hydrogen-bond donors (Lipinski definition) is 1. The second-order valence-electron chi connectivity index (χ2n) is 3.18. The lowest BCUT2D eigenvalue weighted by molar-refractivity contribution is 0.322. The number of hydrogen-bond acceptors (Lipinski definition) is 3. The second-order valence-corrected chi connectivity index (χ2v) is 4.30. The maximum Gasteiger partial charge on any atom is 0.0964 e. The molecule has 1 aromatic rings. The molecule has 1 heterocycles. The molecule has 0 bridgehead atoms. The molecule has 0 radical (unpaired) electrons. The Kier molecular flexibility index (Phi) is 2.86. The fourth-order valence-electron chi connectivity index (χ4n) is 1.63. The largest absolute Gasteiger partial charge is 0.396 e. The molecule has 3 heteroatoms. The van der Waals surface area contributed by atoms with Crippen molar-refractivity contribution in [2.45, 2.75) is 24.3 Å². The first-order chi connectivity index (χ1) is 6.40. The van der Waals surface area contributed by atoms with Crippen LogP contribution in [-0.2, 0) is 12.8 Å². The van der Waals surface area contributed by atoms with E-state index in [0.29, 0.717) is 0 Å². The van der Waals surface area contributed by atoms with Crippen LogP contribution in [0.5, 0.6) is 0 Å². The van der Waals surface area contributed by atoms with Crippen molar-refractivity contribution in [3.8, 4) is 0 Å². The molecular weight excluding hydrogens is 182 g/mol. The van der Waals surface area contributed by atoms with Gasteiger partial charge in [0.1, 0.15) is 0 Å². The minimum Gasteiger partial charge on any atom is -0.396 e. The van der Waals surface area contributed by atoms with Crippen molar-refractivity contribution in [1.82, 2.24) is 4.98 Å². The zero-order chi connectivity index (χ0) is 9.10. The average Bonchev–Trinajstić information content (AvgIpc) is 2.61. The molecule has 1 N–H and O–H groups in total. The molecule has 1 aliphatic carbocycles. The van der Waals surface area contributed by atoms with E-state index in [1.54, 1.807) is 11.8 Å². The smallest absolute Gasteiger partial charge is 0.0964 e. The van der Waals surface area contributed by atoms with Crippen molar-refractivity contribution >= 4 is 11.8 Å². The number of thioether (sulfide) groups is 1. The molecule has 0 saturated carbocycles. The highest BCUT2D eigenvalue weighted by Crippen LogP contribution is 2.23. The lowest BCUT2D eigenvalue weighted by Crippen LogP contribution is -1.92. The molecule has 2 nitrogen and oxygen atoms in total. The third kappa shape index (κ3) is 2.03. The monoisotopic (exact) mass is 195 g/mol. The molecule has 0 atom stereocenters. The molecule has 0 aromatic carbocycles. The molecular formula is C10H13NOS. The Hall–Kier alpha value is -0.540. The van der Waals surface area contributed by atoms with E-state index >= 15 is 0 Å². The summed E-state index contributed by atoms with van der Waals surface area (Å²) in [6.07, 6.45) is 3.56. The SMILES string of the molecule is OCCSc1ccc2c(n1)CCC2. The molecule has 1 aliphatic rings. The Morgan fingerprint density at radius 3 is 3.15 bits per heavy atom. The quantitative estimate of drug-likeness (QED) is 0.745. The number of aliphatic hydroxyl groups excluding tert-OH is 1. The first-order valence-electron chi connectivity index (χ1n) is 4.62. The molecule has 13 heavy (non-hydrogen) atoms. The van der Waals surface area contributed by atoms with Gasteiger partial charge in [0.25, 0.3) is 0 Å². The van der Waals surface area contributed by atoms with Gasteiger partial charge in [-0.05, 0) is 30.9 Å². The average molecular weight is 195 g/mol. The molecule has 0 unspecified atom stereocenters. The number of rotatable bonds is 3. The van der Waals surface area contributed by atoms with Crippen molar-refractivity contribution in [1.29, 1.82) is 0 Å². The van der Waals surface area contributed by atoms with Crippen LogP contribution < -0.4 is 0 Å². The van der Waals surface area contributed by atoms with Crippen molar-refractivity contribution in [2.75, 3.05) is 12.4 Å². The third-order valence-corrected chi connectivity index (χ3v) is 3.15. The van der Waals surface area contributed by atoms with Gasteiger partial charge in [0.05, 0.1) is 11.6 Å². The fourth-order valence-corrected chi connectivity index (χ4v) is 2.27. The van der Waals surface area contributed by atoms with Gasteiger partial charge < -0.3 is 5.11 Å². The lowest BCUT2D eigenvalue weighted by atomic mass is 10.2. The first-order valence-corrected chi connectivity index (χ1v) is 5.61. The topological polar surface area (TPSA) is 33.1 Å². The summed E-state index contributed by atoms with van der Waals surface area (Å²) >= 11 is 1.63. The number of aliphatic hydroxyl groups is 1. The van der Waals surface area contributed by atoms with Crippen LogP contribution in [0.15, 0.2) is 17.2 Å². The summed E-state index contributed by atoms with van der Waals surface area (Å²) in [5, 5.41) is 9.72. The van der Waals surface area contributed by atoms with Gasteiger partial charge in [-0.2, -0.15) is 0 Å². The first kappa shape index (κ1) is 9.03. The molecule has 1 aromatic heterocycles. The maximum absolute atomic E-state index is 8.67. The summed E-state index contributed by atoms with van der Waals surface area (Å²) in [5.41, 5.74) is 2.68. The molecule has 0 saturated heterocycles. The molecule has 2 rings (SSSR count). The summed E-state index contributed by atoms with van der Waals surface area (Å²) in [6.45, 7) is 0.226. The predicted molar refractivity (Wildman–Crippen MR) is 54.1 cm³/mol. The van der Waals surface area contributed by atoms with E-state index in [1.165, 1.54) is 24.1 Å². The highest BCUT2D eigenvalue weighted by atomic mass is 32.2. The van der Waals surface area contributed by atoms with Crippen LogP contribution in [0, 0.1) is 0 Å². The Balaban J connectivity index is 2.12. The van der Waals surface area contributed by atoms with Crippen LogP contribution >= 0.6 is 11.8 Å². The summed E-state index contributed by atoms with van der Waals surface area (Å²) in [6, 6.07) is 4.24. The van der Waals surface area contributed by atoms with E-state index in [2.05, 4.69) is 17.1 Å². The van der Waals surface area contributed by atoms with Gasteiger partial charge in [0.2, 0.25) is 0 Å². The van der Waals surface area contributed by atoms with Crippen LogP contribution in [0.2, 0.25) is 0 Å². The normalized spacial score (nSPS) is 14.5. The van der Waals surface area contributed by atoms with Gasteiger partial charge in [0, 0.05) is 11.4 Å². The van der Waals surface area contributed by atoms with Gasteiger partial charge in [-0.1, -0.05) is 6.07 Å². The van der Waals surface area contributed by atoms with Crippen LogP contribution in [0.25, 0.3) is 0 Å². The van der Waals surface area contributed by atoms with E-state index < -0.39 is 0 Å². The van der Waals surface area contributed by atoms with Gasteiger partial charge in [0.15, 0.2) is 0 Å². The molecule has 70 valence electrons. The predicted octanol–water partition coefficient (Wildman–Crippen LogP) is 1.65. The third-order valence-electron chi connectivity index (χ3n) is 2.24. The maximum atomic E-state index is 8.67. The van der Waals surface area contributed by atoms with E-state index in [1.807, 2.05) is 0 Å². The summed E-state index contributed by atoms with van der Waals surface area (Å²) in [4.78, 5) is 4.54. The number of aryl methyl sites for hydroxylation is 2. The van der Waals surface area contributed by atoms with E-state index in [0.717, 1.165) is 17.2 Å². The van der Waals surface area contributed by atoms with Crippen molar-refractivity contribution in [2.24, 2.45) is 0 Å². The Morgan fingerprint density at radius 2 is 2.31 bits per heavy atom. The minimum absolute atomic E-state index is 0.226. The molecule has 0 spiro atoms. The molecule has 0 aliphatic heterocycles. The molecule has 0 fully saturated rings. The van der Waals surface area contributed by atoms with Crippen LogP contribution in [-0.4, -0.2) is 22.5 Å². The summed E-state index contributed by atoms with van der Waals surface area (Å²) < 4.78 is 0. The number of aromatic nitrogens is 1. The fraction of sp³-hybridized carbons (Fsp3) is 0.500. The standard InChI is InChI=1S/C10H13NOS/c12-6-7-13-10-5-4-8-2-1-3-9(8)11-10/h4-5,12H,1-3,6-7H2. The zero-order valence-electron chi connectivity index (χ0n) is 7.49. The zero-order valence-corrected chi connectivity index (χ0v) is 8.31. The van der Waals surface area contributed by atoms with Crippen molar-refractivity contribution in [3.05, 3.63) is 23.4 Å². The van der Waals surface area contributed by atoms with E-state index in [4.69, 9.17) is 5.11 Å². The van der Waals surface area contributed by atoms with Crippen LogP contribution in [0.1, 0.15) is 17.7 Å². The second kappa shape index (κ2) is 4.11. The molecule has 0 amide bonds. The number of nitrogens with zero attached hydrogens (tertiary/aromatic N) is 1. The summed E-state index contributed by atoms with van der Waals surface area (Å²) in [5.74, 6) is 0.742. The lowest BCUT2D eigenvalue weighted by Gasteiger charge is -2.01. The Morgan fingerprint density at radius 1 is 1.38 bits per heavy atom. The Labute approximate surface area is 82.4 Å². The van der Waals surface area contributed by atoms with Crippen molar-refractivity contribution in [3.63, 3.8) is 0 Å². The van der Waals surface area contributed by atoms with Gasteiger partial charge in [-0.15, -0.1) is 11.8 Å².